The molecule has 6 nitrogen and oxygen atoms in total. The molecule has 0 fully saturated rings. The van der Waals surface area contributed by atoms with Crippen LogP contribution in [0.5, 0.6) is 0 Å². The van der Waals surface area contributed by atoms with Crippen molar-refractivity contribution in [2.45, 2.75) is 13.3 Å². The number of pyridine rings is 1. The van der Waals surface area contributed by atoms with Crippen molar-refractivity contribution in [3.63, 3.8) is 0 Å². The van der Waals surface area contributed by atoms with Crippen LogP contribution in [0.4, 0.5) is 11.4 Å². The highest BCUT2D eigenvalue weighted by Crippen LogP contribution is 2.32. The van der Waals surface area contributed by atoms with Crippen molar-refractivity contribution in [3.8, 4) is 0 Å². The van der Waals surface area contributed by atoms with Crippen LogP contribution in [0.1, 0.15) is 21.7 Å². The minimum atomic E-state index is -0.452. The van der Waals surface area contributed by atoms with Crippen molar-refractivity contribution in [2.24, 2.45) is 0 Å². The number of benzene rings is 1. The van der Waals surface area contributed by atoms with E-state index < -0.39 is 4.92 Å². The normalized spacial score (nSPS) is 13.1. The minimum absolute atomic E-state index is 0.00866. The Morgan fingerprint density at radius 2 is 2.14 bits per heavy atom. The SMILES string of the molecule is Cc1cccc(C(=O)N2CCc3ccc([N+](=O)[O-])cc32)n1. The molecule has 2 heterocycles. The maximum atomic E-state index is 12.5. The smallest absolute Gasteiger partial charge is 0.276 e. The summed E-state index contributed by atoms with van der Waals surface area (Å²) in [5.41, 5.74) is 2.67. The van der Waals surface area contributed by atoms with E-state index in [-0.39, 0.29) is 11.6 Å². The first kappa shape index (κ1) is 13.2. The fraction of sp³-hybridized carbons (Fsp3) is 0.200. The van der Waals surface area contributed by atoms with E-state index in [9.17, 15) is 14.9 Å². The van der Waals surface area contributed by atoms with Gasteiger partial charge in [-0.2, -0.15) is 0 Å². The van der Waals surface area contributed by atoms with Crippen LogP contribution in [0.2, 0.25) is 0 Å². The molecule has 6 heteroatoms. The zero-order valence-corrected chi connectivity index (χ0v) is 11.4. The number of hydrogen-bond donors (Lipinski definition) is 0. The third-order valence-electron chi connectivity index (χ3n) is 3.53. The molecule has 0 N–H and O–H groups in total. The molecular weight excluding hydrogens is 270 g/mol. The van der Waals surface area contributed by atoms with Crippen LogP contribution in [-0.4, -0.2) is 22.4 Å². The average molecular weight is 283 g/mol. The number of anilines is 1. The highest BCUT2D eigenvalue weighted by molar-refractivity contribution is 6.06. The van der Waals surface area contributed by atoms with Gasteiger partial charge in [-0.05, 0) is 31.0 Å². The third kappa shape index (κ3) is 2.35. The molecule has 21 heavy (non-hydrogen) atoms. The van der Waals surface area contributed by atoms with E-state index >= 15 is 0 Å². The number of rotatable bonds is 2. The lowest BCUT2D eigenvalue weighted by molar-refractivity contribution is -0.384. The standard InChI is InChI=1S/C15H13N3O3/c1-10-3-2-4-13(16-10)15(19)17-8-7-11-5-6-12(18(20)21)9-14(11)17/h2-6,9H,7-8H2,1H3. The first-order chi connectivity index (χ1) is 10.1. The summed E-state index contributed by atoms with van der Waals surface area (Å²) in [6.07, 6.45) is 0.699. The van der Waals surface area contributed by atoms with E-state index in [0.717, 1.165) is 11.3 Å². The van der Waals surface area contributed by atoms with Crippen LogP contribution in [0.3, 0.4) is 0 Å². The number of nitro benzene ring substituents is 1. The Hall–Kier alpha value is -2.76. The highest BCUT2D eigenvalue weighted by atomic mass is 16.6. The van der Waals surface area contributed by atoms with E-state index in [0.29, 0.717) is 24.3 Å². The van der Waals surface area contributed by atoms with Gasteiger partial charge in [0.1, 0.15) is 5.69 Å². The van der Waals surface area contributed by atoms with Crippen LogP contribution < -0.4 is 4.90 Å². The van der Waals surface area contributed by atoms with Gasteiger partial charge in [0.2, 0.25) is 0 Å². The summed E-state index contributed by atoms with van der Waals surface area (Å²) in [6, 6.07) is 9.89. The maximum Gasteiger partial charge on any atom is 0.276 e. The first-order valence-electron chi connectivity index (χ1n) is 6.59. The van der Waals surface area contributed by atoms with Gasteiger partial charge in [-0.25, -0.2) is 4.98 Å². The zero-order chi connectivity index (χ0) is 15.0. The predicted octanol–water partition coefficient (Wildman–Crippen LogP) is 2.50. The maximum absolute atomic E-state index is 12.5. The molecule has 0 atom stereocenters. The second kappa shape index (κ2) is 4.97. The Labute approximate surface area is 121 Å². The Kier molecular flexibility index (Phi) is 3.13. The second-order valence-electron chi connectivity index (χ2n) is 4.94. The Bertz CT molecular complexity index is 743. The topological polar surface area (TPSA) is 76.3 Å². The summed E-state index contributed by atoms with van der Waals surface area (Å²) < 4.78 is 0. The van der Waals surface area contributed by atoms with Crippen molar-refractivity contribution in [1.82, 2.24) is 4.98 Å². The van der Waals surface area contributed by atoms with Crippen molar-refractivity contribution < 1.29 is 9.72 Å². The van der Waals surface area contributed by atoms with E-state index in [1.54, 1.807) is 23.1 Å². The Balaban J connectivity index is 1.98. The number of amides is 1. The number of fused-ring (bicyclic) bond motifs is 1. The summed E-state index contributed by atoms with van der Waals surface area (Å²) in [5.74, 6) is -0.224. The lowest BCUT2D eigenvalue weighted by Crippen LogP contribution is -2.29. The molecule has 0 radical (unpaired) electrons. The van der Waals surface area contributed by atoms with E-state index in [1.165, 1.54) is 12.1 Å². The van der Waals surface area contributed by atoms with Gasteiger partial charge < -0.3 is 4.90 Å². The second-order valence-corrected chi connectivity index (χ2v) is 4.94. The fourth-order valence-corrected chi connectivity index (χ4v) is 2.49. The number of carbonyl (C=O) groups excluding carboxylic acids is 1. The number of aryl methyl sites for hydroxylation is 1. The van der Waals surface area contributed by atoms with Crippen molar-refractivity contribution >= 4 is 17.3 Å². The molecule has 0 spiro atoms. The molecule has 106 valence electrons. The molecule has 1 aliphatic rings. The van der Waals surface area contributed by atoms with Gasteiger partial charge in [-0.15, -0.1) is 0 Å². The number of nitrogens with zero attached hydrogens (tertiary/aromatic N) is 3. The summed E-state index contributed by atoms with van der Waals surface area (Å²) in [5, 5.41) is 10.9. The van der Waals surface area contributed by atoms with Gasteiger partial charge >= 0.3 is 0 Å². The molecule has 1 aromatic heterocycles. The van der Waals surface area contributed by atoms with Gasteiger partial charge in [0.05, 0.1) is 10.6 Å². The summed E-state index contributed by atoms with van der Waals surface area (Å²) >= 11 is 0. The average Bonchev–Trinajstić information content (AvgIpc) is 2.89. The first-order valence-corrected chi connectivity index (χ1v) is 6.59. The highest BCUT2D eigenvalue weighted by Gasteiger charge is 2.28. The van der Waals surface area contributed by atoms with Gasteiger partial charge in [-0.1, -0.05) is 12.1 Å². The molecular formula is C15H13N3O3. The molecule has 0 unspecified atom stereocenters. The summed E-state index contributed by atoms with van der Waals surface area (Å²) in [4.78, 5) is 28.7. The zero-order valence-electron chi connectivity index (χ0n) is 11.4. The van der Waals surface area contributed by atoms with Crippen LogP contribution in [0, 0.1) is 17.0 Å². The molecule has 1 aliphatic heterocycles. The number of hydrogen-bond acceptors (Lipinski definition) is 4. The number of nitro groups is 1. The van der Waals surface area contributed by atoms with E-state index in [2.05, 4.69) is 4.98 Å². The lowest BCUT2D eigenvalue weighted by Gasteiger charge is -2.16. The third-order valence-corrected chi connectivity index (χ3v) is 3.53. The fourth-order valence-electron chi connectivity index (χ4n) is 2.49. The monoisotopic (exact) mass is 283 g/mol. The largest absolute Gasteiger partial charge is 0.306 e. The molecule has 0 bridgehead atoms. The number of non-ortho nitro benzene ring substituents is 1. The van der Waals surface area contributed by atoms with Crippen LogP contribution in [0.25, 0.3) is 0 Å². The Morgan fingerprint density at radius 3 is 2.86 bits per heavy atom. The number of carbonyl (C=O) groups is 1. The van der Waals surface area contributed by atoms with Crippen LogP contribution >= 0.6 is 0 Å². The number of aromatic nitrogens is 1. The van der Waals surface area contributed by atoms with Gasteiger partial charge in [0, 0.05) is 24.4 Å². The molecule has 3 rings (SSSR count). The summed E-state index contributed by atoms with van der Waals surface area (Å²) in [6.45, 7) is 2.34. The molecule has 0 aliphatic carbocycles. The van der Waals surface area contributed by atoms with Crippen LogP contribution in [-0.2, 0) is 6.42 Å². The lowest BCUT2D eigenvalue weighted by atomic mass is 10.1. The molecule has 0 saturated carbocycles. The Morgan fingerprint density at radius 1 is 1.33 bits per heavy atom. The molecule has 1 aromatic carbocycles. The quantitative estimate of drug-likeness (QED) is 0.626. The summed E-state index contributed by atoms with van der Waals surface area (Å²) in [7, 11) is 0. The minimum Gasteiger partial charge on any atom is -0.306 e. The molecule has 2 aromatic rings. The van der Waals surface area contributed by atoms with Crippen molar-refractivity contribution in [2.75, 3.05) is 11.4 Å². The van der Waals surface area contributed by atoms with Gasteiger partial charge in [-0.3, -0.25) is 14.9 Å². The van der Waals surface area contributed by atoms with Gasteiger partial charge in [0.15, 0.2) is 0 Å². The van der Waals surface area contributed by atoms with Crippen molar-refractivity contribution in [3.05, 3.63) is 63.5 Å². The molecule has 0 saturated heterocycles. The van der Waals surface area contributed by atoms with Gasteiger partial charge in [0.25, 0.3) is 11.6 Å². The van der Waals surface area contributed by atoms with Crippen molar-refractivity contribution in [1.29, 1.82) is 0 Å². The van der Waals surface area contributed by atoms with E-state index in [4.69, 9.17) is 0 Å². The predicted molar refractivity (Wildman–Crippen MR) is 77.5 cm³/mol. The van der Waals surface area contributed by atoms with Crippen LogP contribution in [0.15, 0.2) is 36.4 Å². The van der Waals surface area contributed by atoms with E-state index in [1.807, 2.05) is 13.0 Å². The molecule has 1 amide bonds.